The maximum absolute atomic E-state index is 13.3. The number of alkyl halides is 3. The van der Waals surface area contributed by atoms with E-state index in [0.717, 1.165) is 23.7 Å². The van der Waals surface area contributed by atoms with Crippen LogP contribution < -0.4 is 10.2 Å². The second-order valence-electron chi connectivity index (χ2n) is 8.22. The molecule has 0 spiro atoms. The molecule has 6 nitrogen and oxygen atoms in total. The van der Waals surface area contributed by atoms with Crippen molar-refractivity contribution in [2.45, 2.75) is 12.6 Å². The van der Waals surface area contributed by atoms with Gasteiger partial charge in [0, 0.05) is 32.7 Å². The molecule has 0 unspecified atom stereocenters. The van der Waals surface area contributed by atoms with Crippen LogP contribution in [-0.4, -0.2) is 54.4 Å². The maximum Gasteiger partial charge on any atom is 0.417 e. The van der Waals surface area contributed by atoms with Crippen molar-refractivity contribution in [1.82, 2.24) is 15.2 Å². The van der Waals surface area contributed by atoms with Crippen LogP contribution >= 0.6 is 0 Å². The molecule has 182 valence electrons. The molecule has 0 bridgehead atoms. The average molecular weight is 483 g/mol. The quantitative estimate of drug-likeness (QED) is 0.576. The zero-order chi connectivity index (χ0) is 24.8. The first kappa shape index (κ1) is 24.3. The van der Waals surface area contributed by atoms with Gasteiger partial charge in [0.2, 0.25) is 0 Å². The lowest BCUT2D eigenvalue weighted by Gasteiger charge is -2.36. The summed E-state index contributed by atoms with van der Waals surface area (Å²) >= 11 is 0. The van der Waals surface area contributed by atoms with Gasteiger partial charge < -0.3 is 15.1 Å². The molecule has 2 heterocycles. The van der Waals surface area contributed by atoms with Gasteiger partial charge in [0.25, 0.3) is 11.8 Å². The molecule has 0 radical (unpaired) electrons. The molecule has 0 saturated carbocycles. The molecular weight excluding hydrogens is 457 g/mol. The summed E-state index contributed by atoms with van der Waals surface area (Å²) in [4.78, 5) is 32.8. The summed E-state index contributed by atoms with van der Waals surface area (Å²) in [6.45, 7) is 1.97. The highest BCUT2D eigenvalue weighted by Gasteiger charge is 2.36. The fourth-order valence-corrected chi connectivity index (χ4v) is 4.02. The summed E-state index contributed by atoms with van der Waals surface area (Å²) in [7, 11) is 0. The Bertz CT molecular complexity index is 1160. The van der Waals surface area contributed by atoms with E-state index in [1.807, 2.05) is 35.2 Å². The summed E-state index contributed by atoms with van der Waals surface area (Å²) in [6, 6.07) is 18.1. The van der Waals surface area contributed by atoms with Gasteiger partial charge in [-0.25, -0.2) is 4.98 Å². The highest BCUT2D eigenvalue weighted by Crippen LogP contribution is 2.32. The van der Waals surface area contributed by atoms with Crippen LogP contribution in [0.4, 0.5) is 18.9 Å². The minimum atomic E-state index is -4.59. The minimum absolute atomic E-state index is 0.258. The number of anilines is 1. The number of halogens is 3. The fraction of sp³-hybridized carbons (Fsp3) is 0.269. The highest BCUT2D eigenvalue weighted by molar-refractivity contribution is 5.96. The van der Waals surface area contributed by atoms with Gasteiger partial charge in [-0.3, -0.25) is 9.59 Å². The lowest BCUT2D eigenvalue weighted by molar-refractivity contribution is -0.138. The van der Waals surface area contributed by atoms with Gasteiger partial charge in [-0.1, -0.05) is 42.5 Å². The SMILES string of the molecule is O=C(NCCc1ccccc1)c1ccc(N2CCN(C(=O)c3ccccc3C(F)(F)F)CC2)cn1. The molecule has 1 N–H and O–H groups in total. The van der Waals surface area contributed by atoms with Crippen molar-refractivity contribution in [3.05, 3.63) is 95.3 Å². The van der Waals surface area contributed by atoms with Crippen LogP contribution in [0.5, 0.6) is 0 Å². The number of carbonyl (C=O) groups is 2. The topological polar surface area (TPSA) is 65.5 Å². The standard InChI is InChI=1S/C26H25F3N4O2/c27-26(28,29)22-9-5-4-8-21(22)25(35)33-16-14-32(15-17-33)20-10-11-23(31-18-20)24(34)30-13-12-19-6-2-1-3-7-19/h1-11,18H,12-17H2,(H,30,34). The number of nitrogens with zero attached hydrogens (tertiary/aromatic N) is 3. The number of nitrogens with one attached hydrogen (secondary N) is 1. The summed E-state index contributed by atoms with van der Waals surface area (Å²) < 4.78 is 39.8. The van der Waals surface area contributed by atoms with E-state index in [2.05, 4.69) is 10.3 Å². The van der Waals surface area contributed by atoms with Gasteiger partial charge in [0.15, 0.2) is 0 Å². The van der Waals surface area contributed by atoms with Gasteiger partial charge in [-0.2, -0.15) is 13.2 Å². The summed E-state index contributed by atoms with van der Waals surface area (Å²) in [5, 5.41) is 2.86. The molecule has 2 amide bonds. The van der Waals surface area contributed by atoms with Crippen LogP contribution in [0, 0.1) is 0 Å². The molecule has 1 fully saturated rings. The molecule has 1 aromatic heterocycles. The average Bonchev–Trinajstić information content (AvgIpc) is 2.88. The Balaban J connectivity index is 1.30. The van der Waals surface area contributed by atoms with Crippen molar-refractivity contribution < 1.29 is 22.8 Å². The third-order valence-corrected chi connectivity index (χ3v) is 5.92. The second kappa shape index (κ2) is 10.6. The predicted molar refractivity (Wildman–Crippen MR) is 126 cm³/mol. The number of amides is 2. The molecule has 3 aromatic rings. The number of rotatable bonds is 6. The van der Waals surface area contributed by atoms with Crippen LogP contribution in [0.1, 0.15) is 32.0 Å². The molecule has 1 saturated heterocycles. The Kier molecular flexibility index (Phi) is 7.33. The lowest BCUT2D eigenvalue weighted by Crippen LogP contribution is -2.49. The molecule has 0 aliphatic carbocycles. The van der Waals surface area contributed by atoms with E-state index in [0.29, 0.717) is 25.3 Å². The number of hydrogen-bond donors (Lipinski definition) is 1. The number of benzene rings is 2. The smallest absolute Gasteiger partial charge is 0.367 e. The van der Waals surface area contributed by atoms with E-state index in [4.69, 9.17) is 0 Å². The Morgan fingerprint density at radius 3 is 2.23 bits per heavy atom. The van der Waals surface area contributed by atoms with Gasteiger partial charge in [-0.05, 0) is 36.2 Å². The van der Waals surface area contributed by atoms with Gasteiger partial charge in [0.05, 0.1) is 23.0 Å². The summed E-state index contributed by atoms with van der Waals surface area (Å²) in [5.74, 6) is -0.885. The van der Waals surface area contributed by atoms with E-state index in [1.165, 1.54) is 23.1 Å². The monoisotopic (exact) mass is 482 g/mol. The minimum Gasteiger partial charge on any atom is -0.367 e. The summed E-state index contributed by atoms with van der Waals surface area (Å²) in [5.41, 5.74) is 0.968. The third kappa shape index (κ3) is 5.98. The van der Waals surface area contributed by atoms with E-state index in [-0.39, 0.29) is 24.6 Å². The van der Waals surface area contributed by atoms with Crippen molar-refractivity contribution in [1.29, 1.82) is 0 Å². The van der Waals surface area contributed by atoms with Crippen molar-refractivity contribution >= 4 is 17.5 Å². The van der Waals surface area contributed by atoms with Crippen molar-refractivity contribution in [2.24, 2.45) is 0 Å². The number of carbonyl (C=O) groups excluding carboxylic acids is 2. The van der Waals surface area contributed by atoms with Gasteiger partial charge >= 0.3 is 6.18 Å². The second-order valence-corrected chi connectivity index (χ2v) is 8.22. The largest absolute Gasteiger partial charge is 0.417 e. The van der Waals surface area contributed by atoms with Crippen LogP contribution in [0.15, 0.2) is 72.9 Å². The van der Waals surface area contributed by atoms with Gasteiger partial charge in [-0.15, -0.1) is 0 Å². The Morgan fingerprint density at radius 2 is 1.57 bits per heavy atom. The maximum atomic E-state index is 13.3. The number of pyridine rings is 1. The van der Waals surface area contributed by atoms with Crippen LogP contribution in [-0.2, 0) is 12.6 Å². The molecule has 4 rings (SSSR count). The molecular formula is C26H25F3N4O2. The van der Waals surface area contributed by atoms with E-state index < -0.39 is 17.6 Å². The number of piperazine rings is 1. The highest BCUT2D eigenvalue weighted by atomic mass is 19.4. The first-order chi connectivity index (χ1) is 16.8. The Hall–Kier alpha value is -3.88. The predicted octanol–water partition coefficient (Wildman–Crippen LogP) is 4.04. The van der Waals surface area contributed by atoms with Crippen molar-refractivity contribution in [3.8, 4) is 0 Å². The zero-order valence-corrected chi connectivity index (χ0v) is 19.0. The van der Waals surface area contributed by atoms with Gasteiger partial charge in [0.1, 0.15) is 5.69 Å². The molecule has 0 atom stereocenters. The summed E-state index contributed by atoms with van der Waals surface area (Å²) in [6.07, 6.45) is -2.26. The van der Waals surface area contributed by atoms with Crippen LogP contribution in [0.25, 0.3) is 0 Å². The van der Waals surface area contributed by atoms with E-state index >= 15 is 0 Å². The Labute approximate surface area is 201 Å². The van der Waals surface area contributed by atoms with Crippen LogP contribution in [0.2, 0.25) is 0 Å². The van der Waals surface area contributed by atoms with E-state index in [9.17, 15) is 22.8 Å². The number of aromatic nitrogens is 1. The fourth-order valence-electron chi connectivity index (χ4n) is 4.02. The molecule has 1 aliphatic heterocycles. The lowest BCUT2D eigenvalue weighted by atomic mass is 10.1. The molecule has 1 aliphatic rings. The molecule has 35 heavy (non-hydrogen) atoms. The van der Waals surface area contributed by atoms with Crippen molar-refractivity contribution in [2.75, 3.05) is 37.6 Å². The van der Waals surface area contributed by atoms with Crippen molar-refractivity contribution in [3.63, 3.8) is 0 Å². The first-order valence-electron chi connectivity index (χ1n) is 11.3. The normalized spacial score (nSPS) is 14.0. The zero-order valence-electron chi connectivity index (χ0n) is 19.0. The van der Waals surface area contributed by atoms with E-state index in [1.54, 1.807) is 18.3 Å². The van der Waals surface area contributed by atoms with Crippen LogP contribution in [0.3, 0.4) is 0 Å². The first-order valence-corrected chi connectivity index (χ1v) is 11.3. The third-order valence-electron chi connectivity index (χ3n) is 5.92. The Morgan fingerprint density at radius 1 is 0.886 bits per heavy atom. The molecule has 2 aromatic carbocycles. The molecule has 9 heteroatoms. The number of hydrogen-bond acceptors (Lipinski definition) is 4.